The van der Waals surface area contributed by atoms with Crippen molar-refractivity contribution in [2.24, 2.45) is 5.73 Å². The van der Waals surface area contributed by atoms with Gasteiger partial charge in [0.25, 0.3) is 5.91 Å². The molecule has 0 aliphatic heterocycles. The normalized spacial score (nSPS) is 12.1. The van der Waals surface area contributed by atoms with Crippen LogP contribution in [0.5, 0.6) is 0 Å². The van der Waals surface area contributed by atoms with E-state index in [1.165, 1.54) is 11.0 Å². The third-order valence-corrected chi connectivity index (χ3v) is 5.68. The van der Waals surface area contributed by atoms with Crippen LogP contribution in [0.3, 0.4) is 0 Å². The predicted molar refractivity (Wildman–Crippen MR) is 131 cm³/mol. The number of amides is 1. The molecule has 0 fully saturated rings. The summed E-state index contributed by atoms with van der Waals surface area (Å²) in [5, 5.41) is 3.42. The minimum atomic E-state index is -4.79. The highest BCUT2D eigenvalue weighted by atomic mass is 19.4. The van der Waals surface area contributed by atoms with Gasteiger partial charge in [-0.1, -0.05) is 18.1 Å². The number of primary amides is 1. The molecule has 1 unspecified atom stereocenters. The minimum absolute atomic E-state index is 0.212. The van der Waals surface area contributed by atoms with E-state index >= 15 is 0 Å². The second kappa shape index (κ2) is 10.3. The van der Waals surface area contributed by atoms with Gasteiger partial charge in [-0.25, -0.2) is 23.7 Å². The topological polar surface area (TPSA) is 97.0 Å². The van der Waals surface area contributed by atoms with Crippen molar-refractivity contribution in [2.75, 3.05) is 17.3 Å². The lowest BCUT2D eigenvalue weighted by Crippen LogP contribution is -2.31. The first-order chi connectivity index (χ1) is 18.0. The number of benzene rings is 2. The van der Waals surface area contributed by atoms with E-state index in [0.29, 0.717) is 34.7 Å². The molecule has 0 radical (unpaired) electrons. The number of anilines is 2. The smallest absolute Gasteiger partial charge is 0.365 e. The van der Waals surface area contributed by atoms with E-state index in [1.807, 2.05) is 0 Å². The van der Waals surface area contributed by atoms with Crippen molar-refractivity contribution in [3.63, 3.8) is 0 Å². The molecule has 194 valence electrons. The molecule has 3 N–H and O–H groups in total. The summed E-state index contributed by atoms with van der Waals surface area (Å²) < 4.78 is 67.6. The quantitative estimate of drug-likeness (QED) is 0.264. The number of nitrogens with one attached hydrogen (secondary N) is 1. The number of nitrogens with two attached hydrogens (primary N) is 1. The molecule has 0 aliphatic rings. The summed E-state index contributed by atoms with van der Waals surface area (Å²) in [6.45, 7) is -0.252. The molecule has 4 aromatic rings. The molecular formula is C26H19F5N6O. The van der Waals surface area contributed by atoms with E-state index in [-0.39, 0.29) is 17.9 Å². The van der Waals surface area contributed by atoms with Gasteiger partial charge in [-0.3, -0.25) is 4.79 Å². The highest BCUT2D eigenvalue weighted by Gasteiger charge is 2.34. The number of hydrogen-bond acceptors (Lipinski definition) is 6. The zero-order valence-electron chi connectivity index (χ0n) is 19.7. The van der Waals surface area contributed by atoms with Crippen LogP contribution in [0.2, 0.25) is 0 Å². The van der Waals surface area contributed by atoms with E-state index in [2.05, 4.69) is 26.2 Å². The van der Waals surface area contributed by atoms with Crippen LogP contribution >= 0.6 is 0 Å². The molecule has 12 heteroatoms. The predicted octanol–water partition coefficient (Wildman–Crippen LogP) is 4.84. The lowest BCUT2D eigenvalue weighted by molar-refractivity contribution is -0.137. The number of alkyl halides is 3. The summed E-state index contributed by atoms with van der Waals surface area (Å²) >= 11 is 0. The first-order valence-corrected chi connectivity index (χ1v) is 11.0. The van der Waals surface area contributed by atoms with Gasteiger partial charge in [0.2, 0.25) is 5.95 Å². The molecule has 4 rings (SSSR count). The van der Waals surface area contributed by atoms with Crippen LogP contribution in [-0.2, 0) is 12.7 Å². The Hall–Kier alpha value is -4.79. The number of pyridine rings is 1. The van der Waals surface area contributed by atoms with Crippen molar-refractivity contribution in [1.29, 1.82) is 0 Å². The standard InChI is InChI=1S/C26H19F5N6O/c1-3-22(15-5-7-21-16(9-15)11-35-25(33-2)36-21)37(13-14-4-6-19(27)20(28)8-14)24-18(23(32)38)10-17(12-34-24)26(29,30)31/h1,4-12,22H,13H2,2H3,(H2,32,38)(H,33,35,36). The van der Waals surface area contributed by atoms with Gasteiger partial charge in [0.15, 0.2) is 11.6 Å². The van der Waals surface area contributed by atoms with Crippen LogP contribution in [0.15, 0.2) is 54.9 Å². The Morgan fingerprint density at radius 2 is 1.87 bits per heavy atom. The van der Waals surface area contributed by atoms with Crippen LogP contribution in [0.4, 0.5) is 33.7 Å². The molecule has 1 amide bonds. The summed E-state index contributed by atoms with van der Waals surface area (Å²) in [5.41, 5.74) is 4.95. The van der Waals surface area contributed by atoms with Crippen LogP contribution in [0.25, 0.3) is 10.9 Å². The number of carbonyl (C=O) groups excluding carboxylic acids is 1. The summed E-state index contributed by atoms with van der Waals surface area (Å²) in [4.78, 5) is 26.0. The Morgan fingerprint density at radius 1 is 1.11 bits per heavy atom. The van der Waals surface area contributed by atoms with E-state index < -0.39 is 40.9 Å². The lowest BCUT2D eigenvalue weighted by Gasteiger charge is -2.31. The lowest BCUT2D eigenvalue weighted by atomic mass is 10.0. The van der Waals surface area contributed by atoms with Crippen molar-refractivity contribution in [3.05, 3.63) is 88.7 Å². The minimum Gasteiger partial charge on any atom is -0.365 e. The molecule has 0 saturated carbocycles. The number of hydrogen-bond donors (Lipinski definition) is 2. The molecule has 0 spiro atoms. The number of aromatic nitrogens is 3. The largest absolute Gasteiger partial charge is 0.417 e. The van der Waals surface area contributed by atoms with Gasteiger partial charge in [0, 0.05) is 31.4 Å². The second-order valence-corrected chi connectivity index (χ2v) is 8.16. The molecule has 38 heavy (non-hydrogen) atoms. The third kappa shape index (κ3) is 5.31. The molecule has 0 aliphatic carbocycles. The van der Waals surface area contributed by atoms with Crippen LogP contribution in [0.1, 0.15) is 33.1 Å². The average molecular weight is 526 g/mol. The SMILES string of the molecule is C#CC(c1ccc2nc(NC)ncc2c1)N(Cc1ccc(F)c(F)c1)c1ncc(C(F)(F)F)cc1C(N)=O. The molecule has 2 aromatic carbocycles. The second-order valence-electron chi connectivity index (χ2n) is 8.16. The maximum atomic E-state index is 14.0. The highest BCUT2D eigenvalue weighted by molar-refractivity contribution is 5.98. The van der Waals surface area contributed by atoms with Crippen molar-refractivity contribution in [1.82, 2.24) is 15.0 Å². The molecule has 2 aromatic heterocycles. The molecule has 2 heterocycles. The first kappa shape index (κ1) is 26.3. The summed E-state index contributed by atoms with van der Waals surface area (Å²) in [7, 11) is 1.66. The summed E-state index contributed by atoms with van der Waals surface area (Å²) in [6, 6.07) is 7.62. The van der Waals surface area contributed by atoms with Gasteiger partial charge < -0.3 is 16.0 Å². The Morgan fingerprint density at radius 3 is 2.50 bits per heavy atom. The fourth-order valence-electron chi connectivity index (χ4n) is 3.85. The van der Waals surface area contributed by atoms with Gasteiger partial charge in [-0.15, -0.1) is 6.42 Å². The van der Waals surface area contributed by atoms with Crippen LogP contribution < -0.4 is 16.0 Å². The third-order valence-electron chi connectivity index (χ3n) is 5.68. The zero-order chi connectivity index (χ0) is 27.6. The maximum absolute atomic E-state index is 14.0. The van der Waals surface area contributed by atoms with Gasteiger partial charge in [-0.05, 0) is 41.5 Å². The number of fused-ring (bicyclic) bond motifs is 1. The number of halogens is 5. The van der Waals surface area contributed by atoms with Crippen molar-refractivity contribution >= 4 is 28.6 Å². The molecule has 0 saturated heterocycles. The van der Waals surface area contributed by atoms with Crippen molar-refractivity contribution < 1.29 is 26.7 Å². The number of nitrogens with zero attached hydrogens (tertiary/aromatic N) is 4. The van der Waals surface area contributed by atoms with E-state index in [1.54, 1.807) is 31.4 Å². The Bertz CT molecular complexity index is 1570. The van der Waals surface area contributed by atoms with Gasteiger partial charge >= 0.3 is 6.18 Å². The Kier molecular flexibility index (Phi) is 7.12. The van der Waals surface area contributed by atoms with E-state index in [4.69, 9.17) is 12.2 Å². The van der Waals surface area contributed by atoms with Crippen LogP contribution in [0, 0.1) is 24.0 Å². The molecule has 1 atom stereocenters. The number of rotatable bonds is 7. The summed E-state index contributed by atoms with van der Waals surface area (Å²) in [5.74, 6) is -0.737. The number of carbonyl (C=O) groups is 1. The molecular weight excluding hydrogens is 507 g/mol. The van der Waals surface area contributed by atoms with Crippen molar-refractivity contribution in [3.8, 4) is 12.3 Å². The van der Waals surface area contributed by atoms with E-state index in [0.717, 1.165) is 12.1 Å². The first-order valence-electron chi connectivity index (χ1n) is 11.0. The highest BCUT2D eigenvalue weighted by Crippen LogP contribution is 2.35. The average Bonchev–Trinajstić information content (AvgIpc) is 2.89. The van der Waals surface area contributed by atoms with Gasteiger partial charge in [0.05, 0.1) is 16.6 Å². The maximum Gasteiger partial charge on any atom is 0.417 e. The molecule has 0 bridgehead atoms. The van der Waals surface area contributed by atoms with Crippen molar-refractivity contribution in [2.45, 2.75) is 18.8 Å². The Labute approximate surface area is 213 Å². The fraction of sp³-hybridized carbons (Fsp3) is 0.154. The monoisotopic (exact) mass is 526 g/mol. The number of terminal acetylenes is 1. The zero-order valence-corrected chi connectivity index (χ0v) is 19.7. The van der Waals surface area contributed by atoms with E-state index in [9.17, 15) is 26.7 Å². The Balaban J connectivity index is 1.89. The van der Waals surface area contributed by atoms with Gasteiger partial charge in [0.1, 0.15) is 11.9 Å². The van der Waals surface area contributed by atoms with Gasteiger partial charge in [-0.2, -0.15) is 13.2 Å². The van der Waals surface area contributed by atoms with Crippen LogP contribution in [-0.4, -0.2) is 27.9 Å². The molecule has 7 nitrogen and oxygen atoms in total. The fourth-order valence-corrected chi connectivity index (χ4v) is 3.85. The summed E-state index contributed by atoms with van der Waals surface area (Å²) in [6.07, 6.45) is 3.17.